The highest BCUT2D eigenvalue weighted by atomic mass is 32.2. The Bertz CT molecular complexity index is 1200. The molecule has 2 fully saturated rings. The van der Waals surface area contributed by atoms with E-state index in [-0.39, 0.29) is 24.3 Å². The zero-order valence-electron chi connectivity index (χ0n) is 20.1. The highest BCUT2D eigenvalue weighted by molar-refractivity contribution is 8.00. The number of carbonyl (C=O) groups excluding carboxylic acids is 1. The Hall–Kier alpha value is -2.88. The van der Waals surface area contributed by atoms with Crippen LogP contribution in [0.5, 0.6) is 5.75 Å². The molecule has 10 heteroatoms. The first-order valence-electron chi connectivity index (χ1n) is 12.1. The molecule has 0 spiro atoms. The summed E-state index contributed by atoms with van der Waals surface area (Å²) in [6, 6.07) is 8.15. The predicted octanol–water partition coefficient (Wildman–Crippen LogP) is 5.41. The van der Waals surface area contributed by atoms with Gasteiger partial charge in [0.15, 0.2) is 22.5 Å². The van der Waals surface area contributed by atoms with Crippen LogP contribution in [0, 0.1) is 30.5 Å². The van der Waals surface area contributed by atoms with E-state index in [0.29, 0.717) is 34.4 Å². The van der Waals surface area contributed by atoms with Crippen LogP contribution in [0.1, 0.15) is 57.1 Å². The molecule has 2 saturated carbocycles. The number of rotatable bonds is 9. The second kappa shape index (κ2) is 10.0. The van der Waals surface area contributed by atoms with E-state index in [2.05, 4.69) is 32.2 Å². The lowest BCUT2D eigenvalue weighted by atomic mass is 9.84. The Morgan fingerprint density at radius 1 is 1.29 bits per heavy atom. The maximum Gasteiger partial charge on any atom is 0.240 e. The molecule has 5 rings (SSSR count). The van der Waals surface area contributed by atoms with Gasteiger partial charge in [0.2, 0.25) is 11.8 Å². The number of para-hydroxylation sites is 1. The Labute approximate surface area is 208 Å². The summed E-state index contributed by atoms with van der Waals surface area (Å²) >= 11 is 1.34. The second-order valence-electron chi connectivity index (χ2n) is 9.65. The highest BCUT2D eigenvalue weighted by Crippen LogP contribution is 2.52. The molecule has 3 aromatic rings. The molecule has 1 amide bonds. The molecule has 2 bridgehead atoms. The number of benzene rings is 1. The van der Waals surface area contributed by atoms with Gasteiger partial charge in [-0.15, -0.1) is 10.2 Å². The molecule has 8 nitrogen and oxygen atoms in total. The van der Waals surface area contributed by atoms with Gasteiger partial charge >= 0.3 is 0 Å². The van der Waals surface area contributed by atoms with Gasteiger partial charge < -0.3 is 9.26 Å². The van der Waals surface area contributed by atoms with Crippen molar-refractivity contribution in [3.8, 4) is 5.75 Å². The van der Waals surface area contributed by atoms with Gasteiger partial charge in [-0.1, -0.05) is 35.5 Å². The van der Waals surface area contributed by atoms with Crippen molar-refractivity contribution in [2.24, 2.45) is 17.8 Å². The van der Waals surface area contributed by atoms with Gasteiger partial charge in [-0.2, -0.15) is 0 Å². The number of hydrogen-bond acceptors (Lipinski definition) is 7. The van der Waals surface area contributed by atoms with Crippen molar-refractivity contribution < 1.29 is 18.4 Å². The average molecular weight is 500 g/mol. The number of ether oxygens (including phenoxy) is 1. The number of nitrogens with one attached hydrogen (secondary N) is 1. The minimum absolute atomic E-state index is 0.0948. The molecule has 2 heterocycles. The van der Waals surface area contributed by atoms with Crippen molar-refractivity contribution in [3.63, 3.8) is 0 Å². The van der Waals surface area contributed by atoms with Gasteiger partial charge in [-0.3, -0.25) is 14.7 Å². The Kier molecular flexibility index (Phi) is 6.82. The van der Waals surface area contributed by atoms with E-state index >= 15 is 0 Å². The average Bonchev–Trinajstić information content (AvgIpc) is 3.63. The molecule has 1 aromatic carbocycles. The number of nitrogens with zero attached hydrogens (tertiary/aromatic N) is 4. The molecule has 35 heavy (non-hydrogen) atoms. The number of amides is 1. The number of aryl methyl sites for hydroxylation is 1. The normalized spacial score (nSPS) is 22.8. The predicted molar refractivity (Wildman–Crippen MR) is 130 cm³/mol. The maximum atomic E-state index is 14.1. The van der Waals surface area contributed by atoms with Crippen molar-refractivity contribution >= 4 is 23.6 Å². The van der Waals surface area contributed by atoms with E-state index in [1.54, 1.807) is 31.2 Å². The molecule has 0 saturated heterocycles. The molecular formula is C25H30FN5O3S. The summed E-state index contributed by atoms with van der Waals surface area (Å²) in [6.07, 6.45) is 5.07. The van der Waals surface area contributed by atoms with Gasteiger partial charge in [0.1, 0.15) is 6.61 Å². The fraction of sp³-hybridized carbons (Fsp3) is 0.520. The van der Waals surface area contributed by atoms with Crippen molar-refractivity contribution in [3.05, 3.63) is 47.7 Å². The van der Waals surface area contributed by atoms with Crippen LogP contribution in [0.2, 0.25) is 0 Å². The Morgan fingerprint density at radius 2 is 2.11 bits per heavy atom. The Morgan fingerprint density at radius 3 is 2.80 bits per heavy atom. The van der Waals surface area contributed by atoms with E-state index in [1.807, 2.05) is 6.92 Å². The number of aromatic nitrogens is 4. The Balaban J connectivity index is 1.36. The first kappa shape index (κ1) is 23.8. The van der Waals surface area contributed by atoms with Crippen LogP contribution in [0.3, 0.4) is 0 Å². The van der Waals surface area contributed by atoms with Crippen LogP contribution in [0.15, 0.2) is 40.0 Å². The van der Waals surface area contributed by atoms with Gasteiger partial charge in [0, 0.05) is 12.1 Å². The third-order valence-corrected chi connectivity index (χ3v) is 8.33. The molecule has 5 atom stereocenters. The number of anilines is 1. The summed E-state index contributed by atoms with van der Waals surface area (Å²) in [7, 11) is 0. The number of halogens is 1. The molecule has 2 aliphatic carbocycles. The zero-order valence-corrected chi connectivity index (χ0v) is 20.9. The summed E-state index contributed by atoms with van der Waals surface area (Å²) < 4.78 is 27.1. The van der Waals surface area contributed by atoms with Crippen LogP contribution in [-0.2, 0) is 11.4 Å². The van der Waals surface area contributed by atoms with Gasteiger partial charge in [-0.25, -0.2) is 4.39 Å². The van der Waals surface area contributed by atoms with Crippen LogP contribution in [0.4, 0.5) is 10.3 Å². The van der Waals surface area contributed by atoms with Gasteiger partial charge in [0.05, 0.1) is 10.9 Å². The molecular weight excluding hydrogens is 469 g/mol. The third kappa shape index (κ3) is 5.07. The summed E-state index contributed by atoms with van der Waals surface area (Å²) in [5, 5.41) is 15.6. The highest BCUT2D eigenvalue weighted by Gasteiger charge is 2.43. The van der Waals surface area contributed by atoms with Crippen LogP contribution in [-0.4, -0.2) is 31.1 Å². The fourth-order valence-electron chi connectivity index (χ4n) is 5.53. The molecule has 186 valence electrons. The molecule has 1 N–H and O–H groups in total. The van der Waals surface area contributed by atoms with Crippen LogP contribution in [0.25, 0.3) is 0 Å². The van der Waals surface area contributed by atoms with E-state index < -0.39 is 11.1 Å². The van der Waals surface area contributed by atoms with E-state index in [9.17, 15) is 9.18 Å². The van der Waals surface area contributed by atoms with Crippen molar-refractivity contribution in [1.29, 1.82) is 0 Å². The number of hydrogen-bond donors (Lipinski definition) is 1. The maximum absolute atomic E-state index is 14.1. The van der Waals surface area contributed by atoms with Crippen molar-refractivity contribution in [1.82, 2.24) is 19.9 Å². The lowest BCUT2D eigenvalue weighted by Crippen LogP contribution is -2.26. The first-order valence-corrected chi connectivity index (χ1v) is 13.0. The largest absolute Gasteiger partial charge is 0.483 e. The lowest BCUT2D eigenvalue weighted by molar-refractivity contribution is -0.115. The quantitative estimate of drug-likeness (QED) is 0.393. The number of thioether (sulfide) groups is 1. The van der Waals surface area contributed by atoms with Crippen molar-refractivity contribution in [2.45, 2.75) is 69.5 Å². The smallest absolute Gasteiger partial charge is 0.240 e. The molecule has 2 aromatic heterocycles. The van der Waals surface area contributed by atoms with Gasteiger partial charge in [-0.05, 0) is 69.9 Å². The second-order valence-corrected chi connectivity index (χ2v) is 11.0. The molecule has 0 radical (unpaired) electrons. The van der Waals surface area contributed by atoms with E-state index in [0.717, 1.165) is 5.92 Å². The van der Waals surface area contributed by atoms with E-state index in [4.69, 9.17) is 9.26 Å². The minimum atomic E-state index is -0.448. The standard InChI is InChI=1S/C25H30FN5O3S/c1-14-10-23(34-30-14)27-24(32)16(3)35-25-29-28-22(13-33-21-7-5-4-6-20(21)26)31(25)15(2)19-12-17-8-9-18(19)11-17/h4-7,10,15-19H,8-9,11-13H2,1-3H3,(H,27,32). The zero-order chi connectivity index (χ0) is 24.5. The monoisotopic (exact) mass is 499 g/mol. The minimum Gasteiger partial charge on any atom is -0.483 e. The molecule has 0 aliphatic heterocycles. The topological polar surface area (TPSA) is 95.1 Å². The summed E-state index contributed by atoms with van der Waals surface area (Å²) in [4.78, 5) is 12.8. The van der Waals surface area contributed by atoms with Crippen LogP contribution >= 0.6 is 11.8 Å². The van der Waals surface area contributed by atoms with Gasteiger partial charge in [0.25, 0.3) is 0 Å². The molecule has 5 unspecified atom stereocenters. The van der Waals surface area contributed by atoms with E-state index in [1.165, 1.54) is 43.5 Å². The third-order valence-electron chi connectivity index (χ3n) is 7.27. The molecule has 2 aliphatic rings. The van der Waals surface area contributed by atoms with Crippen LogP contribution < -0.4 is 10.1 Å². The first-order chi connectivity index (χ1) is 16.9. The number of fused-ring (bicyclic) bond motifs is 2. The summed E-state index contributed by atoms with van der Waals surface area (Å²) in [6.45, 7) is 5.91. The summed E-state index contributed by atoms with van der Waals surface area (Å²) in [5.74, 6) is 2.52. The SMILES string of the molecule is Cc1cc(NC(=O)C(C)Sc2nnc(COc3ccccc3F)n2C(C)C2CC3CCC2C3)on1. The fourth-order valence-corrected chi connectivity index (χ4v) is 6.49. The lowest BCUT2D eigenvalue weighted by Gasteiger charge is -2.30. The summed E-state index contributed by atoms with van der Waals surface area (Å²) in [5.41, 5.74) is 0.694. The number of carbonyl (C=O) groups is 1. The van der Waals surface area contributed by atoms with Crippen molar-refractivity contribution in [2.75, 3.05) is 5.32 Å².